The van der Waals surface area contributed by atoms with Gasteiger partial charge in [-0.25, -0.2) is 9.97 Å². The van der Waals surface area contributed by atoms with Crippen LogP contribution in [0.25, 0.3) is 12.2 Å². The molecule has 1 fully saturated rings. The molecule has 0 aliphatic carbocycles. The molecule has 2 aromatic heterocycles. The zero-order chi connectivity index (χ0) is 19.1. The largest absolute Gasteiger partial charge is 0.393 e. The Bertz CT molecular complexity index is 1030. The average Bonchev–Trinajstić information content (AvgIpc) is 3.14. The first-order chi connectivity index (χ1) is 13.7. The van der Waals surface area contributed by atoms with E-state index < -0.39 is 0 Å². The molecule has 0 unspecified atom stereocenters. The molecule has 0 amide bonds. The summed E-state index contributed by atoms with van der Waals surface area (Å²) in [6.45, 7) is 3.81. The van der Waals surface area contributed by atoms with E-state index in [0.717, 1.165) is 43.0 Å². The fourth-order valence-electron chi connectivity index (χ4n) is 3.96. The maximum Gasteiger partial charge on any atom is 0.161 e. The lowest BCUT2D eigenvalue weighted by atomic mass is 9.89. The predicted octanol–water partition coefficient (Wildman–Crippen LogP) is 3.70. The van der Waals surface area contributed by atoms with Crippen LogP contribution in [-0.2, 0) is 0 Å². The van der Waals surface area contributed by atoms with Gasteiger partial charge < -0.3 is 16.0 Å². The van der Waals surface area contributed by atoms with Gasteiger partial charge in [-0.05, 0) is 42.9 Å². The van der Waals surface area contributed by atoms with Crippen molar-refractivity contribution in [3.8, 4) is 0 Å². The molecule has 0 saturated carbocycles. The molecule has 6 heterocycles. The van der Waals surface area contributed by atoms with Crippen molar-refractivity contribution in [1.29, 1.82) is 0 Å². The molecule has 0 atom stereocenters. The SMILES string of the molecule is Cc1cc(Nc2nc3nc(c2N)N2CCC(CC2)c2ccc(cc2)/C=C/3)n[nH]1. The summed E-state index contributed by atoms with van der Waals surface area (Å²) in [7, 11) is 0. The number of aromatic nitrogens is 4. The van der Waals surface area contributed by atoms with Gasteiger partial charge in [-0.2, -0.15) is 5.10 Å². The highest BCUT2D eigenvalue weighted by atomic mass is 15.2. The van der Waals surface area contributed by atoms with Crippen molar-refractivity contribution < 1.29 is 0 Å². The quantitative estimate of drug-likeness (QED) is 0.634. The number of benzene rings is 1. The maximum absolute atomic E-state index is 6.49. The Morgan fingerprint density at radius 2 is 1.89 bits per heavy atom. The number of fused-ring (bicyclic) bond motifs is 2. The Kier molecular flexibility index (Phi) is 4.00. The summed E-state index contributed by atoms with van der Waals surface area (Å²) in [5.74, 6) is 3.29. The lowest BCUT2D eigenvalue weighted by Gasteiger charge is -2.34. The normalized spacial score (nSPS) is 17.1. The molecule has 7 nitrogen and oxygen atoms in total. The number of aromatic amines is 1. The van der Waals surface area contributed by atoms with Crippen molar-refractivity contribution in [3.63, 3.8) is 0 Å². The molecule has 4 aliphatic rings. The zero-order valence-corrected chi connectivity index (χ0v) is 15.8. The number of hydrogen-bond donors (Lipinski definition) is 3. The molecule has 4 N–H and O–H groups in total. The van der Waals surface area contributed by atoms with Crippen LogP contribution < -0.4 is 16.0 Å². The van der Waals surface area contributed by atoms with Crippen molar-refractivity contribution in [2.75, 3.05) is 29.0 Å². The number of aryl methyl sites for hydroxylation is 1. The van der Waals surface area contributed by atoms with E-state index in [2.05, 4.69) is 49.7 Å². The first-order valence-electron chi connectivity index (χ1n) is 9.65. The summed E-state index contributed by atoms with van der Waals surface area (Å²) >= 11 is 0. The van der Waals surface area contributed by atoms with Gasteiger partial charge in [0.1, 0.15) is 5.69 Å². The molecule has 7 heteroatoms. The minimum atomic E-state index is 0.561. The standard InChI is InChI=1S/C21H23N7/c1-13-12-18(27-26-13)24-20-19(22)21-25-17(23-20)7-4-14-2-5-15(6-3-14)16-8-10-28(21)11-9-16/h2-7,12,16H,8-11,22H2,1H3,(H2,23,24,25,26,27)/b7-4+. The average molecular weight is 373 g/mol. The van der Waals surface area contributed by atoms with Gasteiger partial charge in [-0.15, -0.1) is 0 Å². The van der Waals surface area contributed by atoms with Crippen LogP contribution in [0.15, 0.2) is 30.3 Å². The van der Waals surface area contributed by atoms with Crippen LogP contribution in [-0.4, -0.2) is 33.3 Å². The summed E-state index contributed by atoms with van der Waals surface area (Å²) in [6.07, 6.45) is 6.15. The number of rotatable bonds is 2. The van der Waals surface area contributed by atoms with Crippen molar-refractivity contribution >= 4 is 35.3 Å². The van der Waals surface area contributed by atoms with Crippen LogP contribution in [0, 0.1) is 6.92 Å². The van der Waals surface area contributed by atoms with E-state index in [1.165, 1.54) is 5.56 Å². The highest BCUT2D eigenvalue weighted by Crippen LogP contribution is 2.35. The molecule has 0 radical (unpaired) electrons. The molecule has 1 saturated heterocycles. The Labute approximate surface area is 163 Å². The maximum atomic E-state index is 6.49. The molecule has 142 valence electrons. The summed E-state index contributed by atoms with van der Waals surface area (Å²) < 4.78 is 0. The Hall–Kier alpha value is -3.35. The second-order valence-corrected chi connectivity index (χ2v) is 7.49. The van der Waals surface area contributed by atoms with E-state index in [9.17, 15) is 0 Å². The van der Waals surface area contributed by atoms with Crippen LogP contribution in [0.2, 0.25) is 0 Å². The molecule has 0 spiro atoms. The monoisotopic (exact) mass is 373 g/mol. The molecule has 7 rings (SSSR count). The summed E-state index contributed by atoms with van der Waals surface area (Å²) in [6, 6.07) is 10.7. The van der Waals surface area contributed by atoms with E-state index in [-0.39, 0.29) is 0 Å². The fraction of sp³-hybridized carbons (Fsp3) is 0.286. The molecular formula is C21H23N7. The first kappa shape index (κ1) is 16.8. The van der Waals surface area contributed by atoms with Crippen molar-refractivity contribution in [1.82, 2.24) is 20.2 Å². The van der Waals surface area contributed by atoms with E-state index in [1.807, 2.05) is 25.1 Å². The second kappa shape index (κ2) is 6.67. The Morgan fingerprint density at radius 1 is 1.11 bits per heavy atom. The Morgan fingerprint density at radius 3 is 2.61 bits per heavy atom. The number of piperidine rings is 1. The number of hydrogen-bond acceptors (Lipinski definition) is 6. The number of nitrogen functional groups attached to an aromatic ring is 1. The number of nitrogens with one attached hydrogen (secondary N) is 2. The summed E-state index contributed by atoms with van der Waals surface area (Å²) in [4.78, 5) is 11.7. The fourth-order valence-corrected chi connectivity index (χ4v) is 3.96. The van der Waals surface area contributed by atoms with Crippen molar-refractivity contribution in [2.45, 2.75) is 25.7 Å². The number of nitrogens with zero attached hydrogens (tertiary/aromatic N) is 4. The number of nitrogens with two attached hydrogens (primary N) is 1. The topological polar surface area (TPSA) is 95.8 Å². The first-order valence-corrected chi connectivity index (χ1v) is 9.65. The van der Waals surface area contributed by atoms with Gasteiger partial charge in [0.15, 0.2) is 23.3 Å². The molecule has 1 aromatic carbocycles. The lowest BCUT2D eigenvalue weighted by molar-refractivity contribution is 0.503. The third-order valence-electron chi connectivity index (χ3n) is 5.52. The van der Waals surface area contributed by atoms with Crippen molar-refractivity contribution in [3.05, 3.63) is 53.0 Å². The van der Waals surface area contributed by atoms with Gasteiger partial charge in [0.25, 0.3) is 0 Å². The van der Waals surface area contributed by atoms with Gasteiger partial charge in [-0.3, -0.25) is 5.10 Å². The van der Waals surface area contributed by atoms with Gasteiger partial charge in [-0.1, -0.05) is 30.3 Å². The number of H-pyrrole nitrogens is 1. The minimum absolute atomic E-state index is 0.561. The summed E-state index contributed by atoms with van der Waals surface area (Å²) in [5.41, 5.74) is 10.6. The van der Waals surface area contributed by atoms with Crippen LogP contribution in [0.1, 0.15) is 41.4 Å². The Balaban J connectivity index is 1.60. The molecule has 3 aromatic rings. The van der Waals surface area contributed by atoms with Crippen LogP contribution in [0.4, 0.5) is 23.1 Å². The highest BCUT2D eigenvalue weighted by molar-refractivity contribution is 5.80. The minimum Gasteiger partial charge on any atom is -0.393 e. The molecule has 6 bridgehead atoms. The van der Waals surface area contributed by atoms with E-state index in [4.69, 9.17) is 10.7 Å². The second-order valence-electron chi connectivity index (χ2n) is 7.49. The third kappa shape index (κ3) is 3.09. The van der Waals surface area contributed by atoms with Gasteiger partial charge in [0, 0.05) is 24.8 Å². The molecular weight excluding hydrogens is 350 g/mol. The van der Waals surface area contributed by atoms with Crippen molar-refractivity contribution in [2.24, 2.45) is 0 Å². The lowest BCUT2D eigenvalue weighted by Crippen LogP contribution is -2.34. The van der Waals surface area contributed by atoms with Gasteiger partial charge in [0.05, 0.1) is 0 Å². The third-order valence-corrected chi connectivity index (χ3v) is 5.52. The van der Waals surface area contributed by atoms with E-state index >= 15 is 0 Å². The molecule has 28 heavy (non-hydrogen) atoms. The van der Waals surface area contributed by atoms with Crippen LogP contribution >= 0.6 is 0 Å². The predicted molar refractivity (Wildman–Crippen MR) is 113 cm³/mol. The van der Waals surface area contributed by atoms with Gasteiger partial charge in [0.2, 0.25) is 0 Å². The highest BCUT2D eigenvalue weighted by Gasteiger charge is 2.25. The van der Waals surface area contributed by atoms with E-state index in [0.29, 0.717) is 29.1 Å². The number of anilines is 4. The smallest absolute Gasteiger partial charge is 0.161 e. The molecule has 4 aliphatic heterocycles. The summed E-state index contributed by atoms with van der Waals surface area (Å²) in [5, 5.41) is 10.4. The van der Waals surface area contributed by atoms with Crippen LogP contribution in [0.5, 0.6) is 0 Å². The van der Waals surface area contributed by atoms with E-state index in [1.54, 1.807) is 0 Å². The zero-order valence-electron chi connectivity index (χ0n) is 15.8. The van der Waals surface area contributed by atoms with Gasteiger partial charge >= 0.3 is 0 Å². The van der Waals surface area contributed by atoms with Crippen LogP contribution in [0.3, 0.4) is 0 Å².